The van der Waals surface area contributed by atoms with Gasteiger partial charge in [-0.2, -0.15) is 0 Å². The highest BCUT2D eigenvalue weighted by Gasteiger charge is 2.30. The van der Waals surface area contributed by atoms with Gasteiger partial charge in [0.1, 0.15) is 5.84 Å². The summed E-state index contributed by atoms with van der Waals surface area (Å²) in [6.45, 7) is 6.07. The van der Waals surface area contributed by atoms with Gasteiger partial charge in [0.2, 0.25) is 0 Å². The van der Waals surface area contributed by atoms with Gasteiger partial charge in [-0.1, -0.05) is 0 Å². The molecule has 68 valence electrons. The van der Waals surface area contributed by atoms with Crippen LogP contribution in [0.15, 0.2) is 28.9 Å². The van der Waals surface area contributed by atoms with E-state index in [0.717, 1.165) is 11.4 Å². The molecule has 3 nitrogen and oxygen atoms in total. The zero-order chi connectivity index (χ0) is 9.64. The molecule has 0 aromatic rings. The zero-order valence-electron chi connectivity index (χ0n) is 8.03. The van der Waals surface area contributed by atoms with E-state index in [1.54, 1.807) is 17.1 Å². The van der Waals surface area contributed by atoms with Crippen molar-refractivity contribution in [3.05, 3.63) is 23.9 Å². The van der Waals surface area contributed by atoms with Crippen LogP contribution in [0.4, 0.5) is 0 Å². The van der Waals surface area contributed by atoms with E-state index in [2.05, 4.69) is 4.99 Å². The molecule has 3 heteroatoms. The molecule has 1 amide bonds. The average molecular weight is 176 g/mol. The Morgan fingerprint density at radius 3 is 2.77 bits per heavy atom. The molecule has 0 bridgehead atoms. The predicted molar refractivity (Wildman–Crippen MR) is 51.3 cm³/mol. The maximum absolute atomic E-state index is 11.3. The Balaban J connectivity index is 2.46. The van der Waals surface area contributed by atoms with E-state index in [1.165, 1.54) is 0 Å². The highest BCUT2D eigenvalue weighted by atomic mass is 16.2. The van der Waals surface area contributed by atoms with Crippen LogP contribution in [-0.2, 0) is 4.79 Å². The summed E-state index contributed by atoms with van der Waals surface area (Å²) in [7, 11) is 0. The number of nitrogens with zero attached hydrogens (tertiary/aromatic N) is 2. The maximum Gasteiger partial charge on any atom is 0.256 e. The molecule has 0 fully saturated rings. The lowest BCUT2D eigenvalue weighted by molar-refractivity contribution is -0.120. The predicted octanol–water partition coefficient (Wildman–Crippen LogP) is 1.48. The maximum atomic E-state index is 11.3. The van der Waals surface area contributed by atoms with Crippen LogP contribution < -0.4 is 0 Å². The first-order valence-electron chi connectivity index (χ1n) is 4.31. The molecular weight excluding hydrogens is 164 g/mol. The number of hydrogen-bond donors (Lipinski definition) is 0. The van der Waals surface area contributed by atoms with Crippen LogP contribution in [-0.4, -0.2) is 22.2 Å². The van der Waals surface area contributed by atoms with Gasteiger partial charge in [-0.25, -0.2) is 0 Å². The van der Waals surface area contributed by atoms with Crippen LogP contribution in [0.2, 0.25) is 0 Å². The van der Waals surface area contributed by atoms with Crippen molar-refractivity contribution < 1.29 is 4.79 Å². The van der Waals surface area contributed by atoms with Gasteiger partial charge < -0.3 is 0 Å². The van der Waals surface area contributed by atoms with Gasteiger partial charge in [0.05, 0.1) is 5.54 Å². The van der Waals surface area contributed by atoms with E-state index in [1.807, 2.05) is 27.0 Å². The molecule has 0 unspecified atom stereocenters. The topological polar surface area (TPSA) is 32.7 Å². The van der Waals surface area contributed by atoms with Gasteiger partial charge in [0.25, 0.3) is 5.91 Å². The summed E-state index contributed by atoms with van der Waals surface area (Å²) >= 11 is 0. The van der Waals surface area contributed by atoms with Crippen molar-refractivity contribution in [1.82, 2.24) is 4.90 Å². The smallest absolute Gasteiger partial charge is 0.256 e. The summed E-state index contributed by atoms with van der Waals surface area (Å²) < 4.78 is 0. The fourth-order valence-corrected chi connectivity index (χ4v) is 1.37. The second-order valence-corrected chi connectivity index (χ2v) is 3.88. The minimum atomic E-state index is -0.180. The molecule has 0 N–H and O–H groups in total. The van der Waals surface area contributed by atoms with Crippen LogP contribution >= 0.6 is 0 Å². The van der Waals surface area contributed by atoms with Crippen molar-refractivity contribution in [2.24, 2.45) is 4.99 Å². The molecule has 2 rings (SSSR count). The molecule has 0 radical (unpaired) electrons. The SMILES string of the molecule is CC1=CN2C(=O)C=CC2=NC1(C)C. The second kappa shape index (κ2) is 2.31. The molecule has 0 aliphatic carbocycles. The number of rotatable bonds is 0. The Morgan fingerprint density at radius 2 is 2.08 bits per heavy atom. The number of amidine groups is 1. The van der Waals surface area contributed by atoms with E-state index in [-0.39, 0.29) is 11.4 Å². The first-order valence-corrected chi connectivity index (χ1v) is 4.31. The van der Waals surface area contributed by atoms with Crippen LogP contribution in [0.3, 0.4) is 0 Å². The van der Waals surface area contributed by atoms with Crippen LogP contribution in [0.5, 0.6) is 0 Å². The Bertz CT molecular complexity index is 361. The number of carbonyl (C=O) groups is 1. The lowest BCUT2D eigenvalue weighted by atomic mass is 9.96. The second-order valence-electron chi connectivity index (χ2n) is 3.88. The third-order valence-electron chi connectivity index (χ3n) is 2.54. The molecule has 2 heterocycles. The van der Waals surface area contributed by atoms with Crippen molar-refractivity contribution in [3.63, 3.8) is 0 Å². The highest BCUT2D eigenvalue weighted by molar-refractivity contribution is 6.16. The van der Waals surface area contributed by atoms with Crippen molar-refractivity contribution in [1.29, 1.82) is 0 Å². The number of aliphatic imine (C=N–C) groups is 1. The number of fused-ring (bicyclic) bond motifs is 1. The fourth-order valence-electron chi connectivity index (χ4n) is 1.37. The van der Waals surface area contributed by atoms with Gasteiger partial charge in [0, 0.05) is 12.3 Å². The van der Waals surface area contributed by atoms with Gasteiger partial charge in [0.15, 0.2) is 0 Å². The standard InChI is InChI=1S/C10H12N2O/c1-7-6-12-8(4-5-9(12)13)11-10(7,2)3/h4-6H,1-3H3. The normalized spacial score (nSPS) is 24.2. The molecule has 0 atom stereocenters. The van der Waals surface area contributed by atoms with E-state index in [4.69, 9.17) is 0 Å². The zero-order valence-corrected chi connectivity index (χ0v) is 8.03. The monoisotopic (exact) mass is 176 g/mol. The van der Waals surface area contributed by atoms with E-state index < -0.39 is 0 Å². The summed E-state index contributed by atoms with van der Waals surface area (Å²) in [5, 5.41) is 0. The lowest BCUT2D eigenvalue weighted by Gasteiger charge is -2.29. The average Bonchev–Trinajstić information content (AvgIpc) is 2.34. The van der Waals surface area contributed by atoms with E-state index in [9.17, 15) is 4.79 Å². The Labute approximate surface area is 77.4 Å². The Kier molecular flexibility index (Phi) is 1.46. The minimum absolute atomic E-state index is 0.00593. The van der Waals surface area contributed by atoms with Crippen LogP contribution in [0.25, 0.3) is 0 Å². The molecule has 0 aromatic carbocycles. The summed E-state index contributed by atoms with van der Waals surface area (Å²) in [6, 6.07) is 0. The molecule has 0 spiro atoms. The van der Waals surface area contributed by atoms with Crippen molar-refractivity contribution in [3.8, 4) is 0 Å². The largest absolute Gasteiger partial charge is 0.269 e. The third kappa shape index (κ3) is 1.11. The third-order valence-corrected chi connectivity index (χ3v) is 2.54. The summed E-state index contributed by atoms with van der Waals surface area (Å²) in [4.78, 5) is 17.3. The molecule has 0 aromatic heterocycles. The first kappa shape index (κ1) is 8.23. The first-order chi connectivity index (χ1) is 6.00. The number of amides is 1. The molecule has 0 saturated heterocycles. The van der Waals surface area contributed by atoms with Crippen LogP contribution in [0, 0.1) is 0 Å². The van der Waals surface area contributed by atoms with Crippen molar-refractivity contribution in [2.75, 3.05) is 0 Å². The molecule has 2 aliphatic rings. The van der Waals surface area contributed by atoms with Gasteiger partial charge in [-0.15, -0.1) is 0 Å². The molecule has 2 aliphatic heterocycles. The number of carbonyl (C=O) groups excluding carboxylic acids is 1. The lowest BCUT2D eigenvalue weighted by Crippen LogP contribution is -2.35. The molecule has 0 saturated carbocycles. The van der Waals surface area contributed by atoms with E-state index >= 15 is 0 Å². The summed E-state index contributed by atoms with van der Waals surface area (Å²) in [6.07, 6.45) is 5.17. The fraction of sp³-hybridized carbons (Fsp3) is 0.400. The van der Waals surface area contributed by atoms with Crippen molar-refractivity contribution >= 4 is 11.7 Å². The molecule has 13 heavy (non-hydrogen) atoms. The van der Waals surface area contributed by atoms with Crippen molar-refractivity contribution in [2.45, 2.75) is 26.3 Å². The quantitative estimate of drug-likeness (QED) is 0.550. The summed E-state index contributed by atoms with van der Waals surface area (Å²) in [5.41, 5.74) is 0.925. The van der Waals surface area contributed by atoms with Gasteiger partial charge in [-0.3, -0.25) is 14.7 Å². The van der Waals surface area contributed by atoms with Gasteiger partial charge in [-0.05, 0) is 32.4 Å². The van der Waals surface area contributed by atoms with Crippen LogP contribution in [0.1, 0.15) is 20.8 Å². The number of hydrogen-bond acceptors (Lipinski definition) is 2. The Morgan fingerprint density at radius 1 is 1.38 bits per heavy atom. The Hall–Kier alpha value is -1.38. The summed E-state index contributed by atoms with van der Waals surface area (Å²) in [5.74, 6) is 0.745. The van der Waals surface area contributed by atoms with E-state index in [0.29, 0.717) is 0 Å². The molecular formula is C10H12N2O. The van der Waals surface area contributed by atoms with Gasteiger partial charge >= 0.3 is 0 Å². The minimum Gasteiger partial charge on any atom is -0.269 e. The highest BCUT2D eigenvalue weighted by Crippen LogP contribution is 2.27.